The molecule has 6 nitrogen and oxygen atoms in total. The maximum atomic E-state index is 13.4. The van der Waals surface area contributed by atoms with E-state index in [1.165, 1.54) is 24.3 Å². The molecule has 31 heavy (non-hydrogen) atoms. The number of nitrogens with one attached hydrogen (secondary N) is 1. The van der Waals surface area contributed by atoms with Crippen molar-refractivity contribution >= 4 is 50.5 Å². The van der Waals surface area contributed by atoms with Gasteiger partial charge in [-0.05, 0) is 31.0 Å². The Hall–Kier alpha value is -2.35. The Morgan fingerprint density at radius 3 is 2.00 bits per heavy atom. The molecule has 0 unspecified atom stereocenters. The number of carbonyl (C=O) groups is 2. The summed E-state index contributed by atoms with van der Waals surface area (Å²) in [5, 5.41) is 0.422. The second-order valence-electron chi connectivity index (χ2n) is 7.10. The second kappa shape index (κ2) is 9.42. The molecule has 0 bridgehead atoms. The number of hydrogen-bond acceptors (Lipinski definition) is 5. The Bertz CT molecular complexity index is 1170. The van der Waals surface area contributed by atoms with E-state index >= 15 is 0 Å². The summed E-state index contributed by atoms with van der Waals surface area (Å²) in [6.07, 6.45) is 1.36. The summed E-state index contributed by atoms with van der Waals surface area (Å²) in [4.78, 5) is 27.8. The molecule has 0 fully saturated rings. The van der Waals surface area contributed by atoms with Crippen LogP contribution >= 0.6 is 23.2 Å². The number of ketones is 2. The number of anilines is 1. The van der Waals surface area contributed by atoms with Gasteiger partial charge in [0.15, 0.2) is 4.91 Å². The first kappa shape index (κ1) is 23.3. The molecular weight excluding hydrogens is 459 g/mol. The molecule has 0 amide bonds. The van der Waals surface area contributed by atoms with Crippen LogP contribution in [-0.4, -0.2) is 38.0 Å². The average Bonchev–Trinajstić information content (AvgIpc) is 2.72. The molecule has 0 radical (unpaired) electrons. The minimum absolute atomic E-state index is 0.0683. The Morgan fingerprint density at radius 1 is 0.871 bits per heavy atom. The molecule has 0 spiro atoms. The van der Waals surface area contributed by atoms with E-state index in [1.54, 1.807) is 23.1 Å². The van der Waals surface area contributed by atoms with Crippen LogP contribution in [0.15, 0.2) is 53.1 Å². The summed E-state index contributed by atoms with van der Waals surface area (Å²) in [6.45, 7) is 4.73. The fourth-order valence-corrected chi connectivity index (χ4v) is 5.19. The zero-order valence-corrected chi connectivity index (χ0v) is 19.4. The summed E-state index contributed by atoms with van der Waals surface area (Å²) < 4.78 is 29.2. The van der Waals surface area contributed by atoms with Crippen molar-refractivity contribution in [1.82, 2.24) is 4.90 Å². The van der Waals surface area contributed by atoms with Crippen LogP contribution in [0.2, 0.25) is 10.0 Å². The fraction of sp³-hybridized carbons (Fsp3) is 0.273. The topological polar surface area (TPSA) is 83.6 Å². The molecule has 9 heteroatoms. The molecule has 1 aliphatic rings. The van der Waals surface area contributed by atoms with Crippen molar-refractivity contribution in [2.75, 3.05) is 17.8 Å². The monoisotopic (exact) mass is 480 g/mol. The highest BCUT2D eigenvalue weighted by Gasteiger charge is 2.41. The summed E-state index contributed by atoms with van der Waals surface area (Å²) in [5.41, 5.74) is 0.310. The molecule has 0 saturated carbocycles. The number of Topliss-reactive ketones (excluding diaryl/α,β-unsaturated/α-hetero) is 2. The Kier molecular flexibility index (Phi) is 7.09. The maximum Gasteiger partial charge on any atom is 0.268 e. The van der Waals surface area contributed by atoms with Gasteiger partial charge in [0.1, 0.15) is 5.70 Å². The van der Waals surface area contributed by atoms with Crippen LogP contribution in [0.25, 0.3) is 0 Å². The highest BCUT2D eigenvalue weighted by atomic mass is 35.5. The van der Waals surface area contributed by atoms with Crippen LogP contribution in [0.3, 0.4) is 0 Å². The largest absolute Gasteiger partial charge is 0.367 e. The average molecular weight is 481 g/mol. The number of benzene rings is 2. The van der Waals surface area contributed by atoms with Crippen molar-refractivity contribution in [2.45, 2.75) is 26.7 Å². The van der Waals surface area contributed by atoms with E-state index in [2.05, 4.69) is 4.72 Å². The molecule has 0 aliphatic heterocycles. The molecule has 2 aromatic rings. The number of sulfonamides is 1. The Balaban J connectivity index is 2.20. The van der Waals surface area contributed by atoms with Crippen molar-refractivity contribution in [2.24, 2.45) is 0 Å². The Labute approximate surface area is 191 Å². The number of hydrogen-bond donors (Lipinski definition) is 1. The van der Waals surface area contributed by atoms with Gasteiger partial charge in [0.2, 0.25) is 11.6 Å². The molecule has 0 atom stereocenters. The summed E-state index contributed by atoms with van der Waals surface area (Å²) in [6, 6.07) is 10.5. The maximum absolute atomic E-state index is 13.4. The SMILES string of the molecule is CCCN(CCC)C1=C(S(=O)(=O)Nc2ccc(Cl)c(Cl)c2)C(=O)c2ccccc2C1=O. The number of fused-ring (bicyclic) bond motifs is 1. The van der Waals surface area contributed by atoms with Gasteiger partial charge in [-0.2, -0.15) is 0 Å². The molecule has 0 saturated heterocycles. The van der Waals surface area contributed by atoms with E-state index in [-0.39, 0.29) is 32.6 Å². The van der Waals surface area contributed by atoms with Crippen LogP contribution in [0.4, 0.5) is 5.69 Å². The molecule has 1 aliphatic carbocycles. The number of halogens is 2. The van der Waals surface area contributed by atoms with Crippen LogP contribution in [-0.2, 0) is 10.0 Å². The zero-order valence-electron chi connectivity index (χ0n) is 17.1. The lowest BCUT2D eigenvalue weighted by atomic mass is 9.91. The second-order valence-corrected chi connectivity index (χ2v) is 9.54. The highest BCUT2D eigenvalue weighted by Crippen LogP contribution is 2.33. The van der Waals surface area contributed by atoms with E-state index < -0.39 is 26.5 Å². The van der Waals surface area contributed by atoms with Gasteiger partial charge < -0.3 is 4.90 Å². The summed E-state index contributed by atoms with van der Waals surface area (Å²) in [5.74, 6) is -1.19. The quantitative estimate of drug-likeness (QED) is 0.564. The number of nitrogens with zero attached hydrogens (tertiary/aromatic N) is 1. The molecule has 0 heterocycles. The molecule has 2 aromatic carbocycles. The third kappa shape index (κ3) is 4.63. The number of carbonyl (C=O) groups excluding carboxylic acids is 2. The zero-order chi connectivity index (χ0) is 22.8. The molecule has 1 N–H and O–H groups in total. The summed E-state index contributed by atoms with van der Waals surface area (Å²) in [7, 11) is -4.41. The van der Waals surface area contributed by atoms with Gasteiger partial charge >= 0.3 is 0 Å². The van der Waals surface area contributed by atoms with Gasteiger partial charge in [-0.1, -0.05) is 61.3 Å². The first-order valence-corrected chi connectivity index (χ1v) is 12.1. The van der Waals surface area contributed by atoms with E-state index in [9.17, 15) is 18.0 Å². The molecule has 164 valence electrons. The van der Waals surface area contributed by atoms with Crippen molar-refractivity contribution in [3.63, 3.8) is 0 Å². The van der Waals surface area contributed by atoms with E-state index in [4.69, 9.17) is 23.2 Å². The van der Waals surface area contributed by atoms with Gasteiger partial charge in [-0.3, -0.25) is 14.3 Å². The van der Waals surface area contributed by atoms with Crippen molar-refractivity contribution in [3.05, 3.63) is 74.2 Å². The molecule has 0 aromatic heterocycles. The van der Waals surface area contributed by atoms with Crippen molar-refractivity contribution < 1.29 is 18.0 Å². The minimum atomic E-state index is -4.41. The minimum Gasteiger partial charge on any atom is -0.367 e. The smallest absolute Gasteiger partial charge is 0.268 e. The normalized spacial score (nSPS) is 13.9. The van der Waals surface area contributed by atoms with Gasteiger partial charge in [0.25, 0.3) is 10.0 Å². The number of rotatable bonds is 8. The predicted octanol–water partition coefficient (Wildman–Crippen LogP) is 5.15. The number of allylic oxidation sites excluding steroid dienone is 2. The lowest BCUT2D eigenvalue weighted by molar-refractivity contribution is 0.0946. The Morgan fingerprint density at radius 2 is 1.45 bits per heavy atom. The van der Waals surface area contributed by atoms with Gasteiger partial charge in [-0.25, -0.2) is 8.42 Å². The van der Waals surface area contributed by atoms with Gasteiger partial charge in [0.05, 0.1) is 15.7 Å². The van der Waals surface area contributed by atoms with Gasteiger partial charge in [-0.15, -0.1) is 0 Å². The van der Waals surface area contributed by atoms with E-state index in [0.717, 1.165) is 0 Å². The summed E-state index contributed by atoms with van der Waals surface area (Å²) >= 11 is 11.9. The van der Waals surface area contributed by atoms with Crippen LogP contribution in [0, 0.1) is 0 Å². The van der Waals surface area contributed by atoms with Crippen LogP contribution in [0.5, 0.6) is 0 Å². The van der Waals surface area contributed by atoms with Crippen LogP contribution < -0.4 is 4.72 Å². The van der Waals surface area contributed by atoms with E-state index in [1.807, 2.05) is 13.8 Å². The first-order valence-electron chi connectivity index (χ1n) is 9.86. The highest BCUT2D eigenvalue weighted by molar-refractivity contribution is 7.97. The third-order valence-electron chi connectivity index (χ3n) is 4.80. The standard InChI is InChI=1S/C22H22Cl2N2O4S/c1-3-11-26(12-4-2)19-20(27)15-7-5-6-8-16(15)21(28)22(19)31(29,30)25-14-9-10-17(23)18(24)13-14/h5-10,13,25H,3-4,11-12H2,1-2H3. The lowest BCUT2D eigenvalue weighted by Crippen LogP contribution is -2.38. The van der Waals surface area contributed by atoms with Gasteiger partial charge in [0, 0.05) is 24.2 Å². The lowest BCUT2D eigenvalue weighted by Gasteiger charge is -2.31. The predicted molar refractivity (Wildman–Crippen MR) is 123 cm³/mol. The van der Waals surface area contributed by atoms with Crippen molar-refractivity contribution in [1.29, 1.82) is 0 Å². The third-order valence-corrected chi connectivity index (χ3v) is 6.96. The van der Waals surface area contributed by atoms with Crippen molar-refractivity contribution in [3.8, 4) is 0 Å². The van der Waals surface area contributed by atoms with Crippen LogP contribution in [0.1, 0.15) is 47.4 Å². The fourth-order valence-electron chi connectivity index (χ4n) is 3.52. The van der Waals surface area contributed by atoms with E-state index in [0.29, 0.717) is 25.9 Å². The first-order chi connectivity index (χ1) is 14.7. The molecular formula is C22H22Cl2N2O4S. The molecule has 3 rings (SSSR count).